The topological polar surface area (TPSA) is 132 Å². The standard InChI is InChI=1S/C16H20ClN3.C13H15NO2.C3H6N2/c1-19-16(4-5-16)13-6-11(7-14(17)8-13)12(9-18)10-20-15-2-3-15;1-2-5-13(10-16)14-8-11-6-3-4-7-12(11)9-15;1-5-3-2-4/h6-10,15,19H,2-5,18H2,1H3;3-7,9-10,14H,2,8H2,1H3;5H,3H2,1H3/b12-9+,20-10?;13-5+;. The second-order valence-electron chi connectivity index (χ2n) is 9.74. The second kappa shape index (κ2) is 17.8. The Morgan fingerprint density at radius 3 is 2.44 bits per heavy atom. The number of benzene rings is 2. The van der Waals surface area contributed by atoms with E-state index < -0.39 is 0 Å². The molecule has 4 rings (SSSR count). The fourth-order valence-electron chi connectivity index (χ4n) is 3.93. The molecule has 8 nitrogen and oxygen atoms in total. The van der Waals surface area contributed by atoms with Crippen LogP contribution in [0.4, 0.5) is 0 Å². The second-order valence-corrected chi connectivity index (χ2v) is 10.2. The van der Waals surface area contributed by atoms with Gasteiger partial charge in [0.2, 0.25) is 0 Å². The van der Waals surface area contributed by atoms with Gasteiger partial charge < -0.3 is 21.7 Å². The third-order valence-electron chi connectivity index (χ3n) is 6.63. The first-order valence-electron chi connectivity index (χ1n) is 13.8. The molecule has 0 amide bonds. The lowest BCUT2D eigenvalue weighted by Crippen LogP contribution is -2.24. The van der Waals surface area contributed by atoms with Crippen molar-refractivity contribution in [2.45, 2.75) is 57.2 Å². The predicted molar refractivity (Wildman–Crippen MR) is 168 cm³/mol. The van der Waals surface area contributed by atoms with Gasteiger partial charge in [-0.1, -0.05) is 48.9 Å². The first kappa shape index (κ1) is 33.4. The van der Waals surface area contributed by atoms with Crippen molar-refractivity contribution in [2.75, 3.05) is 20.6 Å². The minimum atomic E-state index is 0.104. The van der Waals surface area contributed by atoms with Gasteiger partial charge in [0.05, 0.1) is 24.4 Å². The van der Waals surface area contributed by atoms with Gasteiger partial charge in [0, 0.05) is 40.7 Å². The summed E-state index contributed by atoms with van der Waals surface area (Å²) in [7, 11) is 3.74. The molecule has 2 saturated carbocycles. The maximum atomic E-state index is 10.8. The molecule has 41 heavy (non-hydrogen) atoms. The summed E-state index contributed by atoms with van der Waals surface area (Å²) < 4.78 is 0. The molecule has 0 bridgehead atoms. The van der Waals surface area contributed by atoms with Crippen LogP contribution in [0.5, 0.6) is 0 Å². The average Bonchev–Trinajstić information content (AvgIpc) is 3.92. The van der Waals surface area contributed by atoms with E-state index in [9.17, 15) is 9.59 Å². The number of nitrogens with two attached hydrogens (primary N) is 1. The van der Waals surface area contributed by atoms with Crippen molar-refractivity contribution in [2.24, 2.45) is 10.7 Å². The molecule has 2 aliphatic rings. The number of rotatable bonds is 12. The molecular weight excluding hydrogens is 536 g/mol. The van der Waals surface area contributed by atoms with Crippen molar-refractivity contribution < 1.29 is 9.59 Å². The summed E-state index contributed by atoms with van der Waals surface area (Å²) in [6.07, 6.45) is 12.4. The van der Waals surface area contributed by atoms with E-state index >= 15 is 0 Å². The van der Waals surface area contributed by atoms with Gasteiger partial charge in [-0.2, -0.15) is 5.26 Å². The van der Waals surface area contributed by atoms with Gasteiger partial charge in [0.25, 0.3) is 0 Å². The molecule has 0 aliphatic heterocycles. The molecule has 2 aromatic carbocycles. The summed E-state index contributed by atoms with van der Waals surface area (Å²) in [5.74, 6) is 0. The van der Waals surface area contributed by atoms with Gasteiger partial charge in [-0.25, -0.2) is 0 Å². The van der Waals surface area contributed by atoms with Crippen LogP contribution in [-0.2, 0) is 16.9 Å². The monoisotopic (exact) mass is 576 g/mol. The van der Waals surface area contributed by atoms with Crippen molar-refractivity contribution in [3.63, 3.8) is 0 Å². The van der Waals surface area contributed by atoms with Crippen LogP contribution >= 0.6 is 11.6 Å². The normalized spacial score (nSPS) is 15.5. The zero-order valence-corrected chi connectivity index (χ0v) is 24.9. The predicted octanol–water partition coefficient (Wildman–Crippen LogP) is 4.89. The summed E-state index contributed by atoms with van der Waals surface area (Å²) in [5, 5.41) is 17.6. The van der Waals surface area contributed by atoms with E-state index in [2.05, 4.69) is 27.0 Å². The minimum absolute atomic E-state index is 0.104. The Labute approximate surface area is 248 Å². The molecule has 0 saturated heterocycles. The van der Waals surface area contributed by atoms with E-state index in [0.29, 0.717) is 30.4 Å². The molecule has 0 aromatic heterocycles. The lowest BCUT2D eigenvalue weighted by molar-refractivity contribution is -0.105. The van der Waals surface area contributed by atoms with Gasteiger partial charge >= 0.3 is 0 Å². The van der Waals surface area contributed by atoms with E-state index in [1.165, 1.54) is 18.4 Å². The van der Waals surface area contributed by atoms with Crippen LogP contribution in [-0.4, -0.2) is 45.5 Å². The number of allylic oxidation sites excluding steroid dienone is 3. The zero-order valence-electron chi connectivity index (χ0n) is 24.1. The highest BCUT2D eigenvalue weighted by molar-refractivity contribution is 6.31. The molecule has 5 N–H and O–H groups in total. The number of aldehydes is 2. The van der Waals surface area contributed by atoms with Gasteiger partial charge in [0.1, 0.15) is 6.29 Å². The fourth-order valence-corrected chi connectivity index (χ4v) is 4.17. The van der Waals surface area contributed by atoms with Crippen molar-refractivity contribution in [3.05, 3.63) is 87.7 Å². The van der Waals surface area contributed by atoms with Gasteiger partial charge in [-0.05, 0) is 81.1 Å². The van der Waals surface area contributed by atoms with Crippen LogP contribution < -0.4 is 21.7 Å². The Morgan fingerprint density at radius 2 is 1.93 bits per heavy atom. The first-order valence-corrected chi connectivity index (χ1v) is 14.2. The number of carbonyl (C=O) groups excluding carboxylic acids is 2. The number of carbonyl (C=O) groups is 2. The lowest BCUT2D eigenvalue weighted by Gasteiger charge is -2.16. The van der Waals surface area contributed by atoms with Crippen LogP contribution in [0.1, 0.15) is 66.1 Å². The Kier molecular flexibility index (Phi) is 14.5. The molecule has 9 heteroatoms. The van der Waals surface area contributed by atoms with Crippen LogP contribution in [0.15, 0.2) is 65.4 Å². The number of nitrogens with one attached hydrogen (secondary N) is 3. The Morgan fingerprint density at radius 1 is 1.20 bits per heavy atom. The van der Waals surface area contributed by atoms with E-state index in [-0.39, 0.29) is 5.54 Å². The van der Waals surface area contributed by atoms with Crippen molar-refractivity contribution in [3.8, 4) is 6.07 Å². The largest absolute Gasteiger partial charge is 0.404 e. The van der Waals surface area contributed by atoms with Crippen LogP contribution in [0, 0.1) is 11.3 Å². The minimum Gasteiger partial charge on any atom is -0.404 e. The van der Waals surface area contributed by atoms with Gasteiger partial charge in [0.15, 0.2) is 6.29 Å². The highest BCUT2D eigenvalue weighted by atomic mass is 35.5. The van der Waals surface area contributed by atoms with E-state index in [0.717, 1.165) is 53.6 Å². The Bertz CT molecular complexity index is 1270. The summed E-state index contributed by atoms with van der Waals surface area (Å²) >= 11 is 6.28. The summed E-state index contributed by atoms with van der Waals surface area (Å²) in [6, 6.07) is 15.9. The molecule has 2 aliphatic carbocycles. The van der Waals surface area contributed by atoms with E-state index in [1.54, 1.807) is 19.3 Å². The highest BCUT2D eigenvalue weighted by Crippen LogP contribution is 2.46. The number of halogens is 1. The van der Waals surface area contributed by atoms with E-state index in [4.69, 9.17) is 22.6 Å². The Balaban J connectivity index is 0.000000252. The zero-order chi connectivity index (χ0) is 30.1. The van der Waals surface area contributed by atoms with Crippen LogP contribution in [0.3, 0.4) is 0 Å². The molecule has 2 fully saturated rings. The maximum absolute atomic E-state index is 10.8. The number of hydrogen-bond donors (Lipinski definition) is 4. The number of hydrogen-bond acceptors (Lipinski definition) is 8. The van der Waals surface area contributed by atoms with Gasteiger partial charge in [-0.15, -0.1) is 0 Å². The van der Waals surface area contributed by atoms with Gasteiger partial charge in [-0.3, -0.25) is 14.6 Å². The third-order valence-corrected chi connectivity index (χ3v) is 6.85. The first-order chi connectivity index (χ1) is 19.9. The average molecular weight is 577 g/mol. The summed E-state index contributed by atoms with van der Waals surface area (Å²) in [4.78, 5) is 25.9. The Hall–Kier alpha value is -3.77. The van der Waals surface area contributed by atoms with Crippen LogP contribution in [0.2, 0.25) is 5.02 Å². The lowest BCUT2D eigenvalue weighted by atomic mass is 9.99. The molecule has 218 valence electrons. The highest BCUT2D eigenvalue weighted by Gasteiger charge is 2.43. The fraction of sp³-hybridized carbons (Fsp3) is 0.375. The van der Waals surface area contributed by atoms with Crippen molar-refractivity contribution >= 4 is 36.0 Å². The molecule has 2 aromatic rings. The smallest absolute Gasteiger partial charge is 0.165 e. The van der Waals surface area contributed by atoms with Crippen molar-refractivity contribution in [1.29, 1.82) is 5.26 Å². The third kappa shape index (κ3) is 11.3. The van der Waals surface area contributed by atoms with Crippen molar-refractivity contribution in [1.82, 2.24) is 16.0 Å². The SMILES string of the molecule is CC/C=C(\C=O)NCc1ccccc1C=O.CNC1(c2cc(Cl)cc(/C(C=NC3CC3)=C/N)c2)CC1.CNCC#N. The number of aliphatic imine (C=N–C) groups is 1. The molecule has 0 atom stereocenters. The van der Waals surface area contributed by atoms with Crippen LogP contribution in [0.25, 0.3) is 5.57 Å². The summed E-state index contributed by atoms with van der Waals surface area (Å²) in [5.41, 5.74) is 11.2. The molecule has 0 unspecified atom stereocenters. The van der Waals surface area contributed by atoms with E-state index in [1.807, 2.05) is 62.7 Å². The summed E-state index contributed by atoms with van der Waals surface area (Å²) in [6.45, 7) is 2.89. The maximum Gasteiger partial charge on any atom is 0.165 e. The molecule has 0 radical (unpaired) electrons. The number of nitrogens with zero attached hydrogens (tertiary/aromatic N) is 2. The number of nitriles is 1. The molecule has 0 heterocycles. The molecule has 0 spiro atoms. The molecular formula is C32H41ClN6O2. The quantitative estimate of drug-likeness (QED) is 0.122.